The first-order chi connectivity index (χ1) is 18.6. The zero-order chi connectivity index (χ0) is 26.3. The minimum absolute atomic E-state index is 0.0451. The van der Waals surface area contributed by atoms with Gasteiger partial charge in [0.2, 0.25) is 5.27 Å². The van der Waals surface area contributed by atoms with Crippen molar-refractivity contribution in [2.75, 3.05) is 48.6 Å². The molecule has 1 aromatic heterocycles. The van der Waals surface area contributed by atoms with E-state index in [2.05, 4.69) is 15.3 Å². The van der Waals surface area contributed by atoms with E-state index in [9.17, 15) is 9.90 Å². The van der Waals surface area contributed by atoms with Crippen LogP contribution in [-0.4, -0.2) is 60.9 Å². The summed E-state index contributed by atoms with van der Waals surface area (Å²) < 4.78 is 16.2. The van der Waals surface area contributed by atoms with E-state index >= 15 is 0 Å². The van der Waals surface area contributed by atoms with Gasteiger partial charge in [-0.1, -0.05) is 48.2 Å². The molecule has 0 N–H and O–H groups in total. The number of nitrogens with zero attached hydrogens (tertiary/aromatic N) is 6. The molecule has 0 radical (unpaired) electrons. The average molecular weight is 535 g/mol. The number of morpholine rings is 1. The van der Waals surface area contributed by atoms with Gasteiger partial charge in [0.05, 0.1) is 43.4 Å². The lowest BCUT2D eigenvalue weighted by Crippen LogP contribution is -2.62. The molecule has 12 heteroatoms. The van der Waals surface area contributed by atoms with Gasteiger partial charge in [-0.05, 0) is 37.1 Å². The molecule has 1 fully saturated rings. The van der Waals surface area contributed by atoms with Crippen LogP contribution in [0.1, 0.15) is 12.5 Å². The molecule has 0 atom stereocenters. The van der Waals surface area contributed by atoms with E-state index in [0.29, 0.717) is 49.5 Å². The molecule has 196 valence electrons. The lowest BCUT2D eigenvalue weighted by atomic mass is 10.1. The second kappa shape index (κ2) is 11.9. The van der Waals surface area contributed by atoms with E-state index in [1.54, 1.807) is 12.3 Å². The number of carbonyl (C=O) groups excluding carboxylic acids is 1. The summed E-state index contributed by atoms with van der Waals surface area (Å²) in [4.78, 5) is 25.0. The van der Waals surface area contributed by atoms with Crippen LogP contribution >= 0.6 is 11.8 Å². The Balaban J connectivity index is 1.36. The lowest BCUT2D eigenvalue weighted by molar-refractivity contribution is -0.759. The molecule has 2 aromatic carbocycles. The van der Waals surface area contributed by atoms with Gasteiger partial charge in [-0.15, -0.1) is 5.01 Å². The third-order valence-corrected chi connectivity index (χ3v) is 6.56. The minimum Gasteiger partial charge on any atom is -0.861 e. The first-order valence-electron chi connectivity index (χ1n) is 12.1. The molecule has 0 bridgehead atoms. The number of aromatic nitrogens is 2. The fourth-order valence-electron chi connectivity index (χ4n) is 3.88. The number of para-hydroxylation sites is 2. The Morgan fingerprint density at radius 1 is 1.18 bits per heavy atom. The molecular weight excluding hydrogens is 508 g/mol. The predicted octanol–water partition coefficient (Wildman–Crippen LogP) is 1.90. The topological polar surface area (TPSA) is 120 Å². The number of aliphatic imine (C=N–C) groups is 2. The highest BCUT2D eigenvalue weighted by Crippen LogP contribution is 2.31. The van der Waals surface area contributed by atoms with E-state index in [1.807, 2.05) is 66.5 Å². The standard InChI is InChI=1S/C26H26N6O5S/c1-2-36-22-11-7-6-8-19(22)16-21-25(34)32(20-9-4-3-5-10-20)26(27-21)38-18-23(33)28-24-17-31(29-37-24)30-12-14-35-15-13-30/h3-11,16-17H,2,12-15,18H2,1H3/b21-16+. The van der Waals surface area contributed by atoms with Crippen LogP contribution in [0.15, 0.2) is 81.0 Å². The Morgan fingerprint density at radius 3 is 2.74 bits per heavy atom. The van der Waals surface area contributed by atoms with Crippen LogP contribution in [0.3, 0.4) is 0 Å². The Bertz CT molecular complexity index is 1370. The maximum Gasteiger partial charge on any atom is 0.324 e. The average Bonchev–Trinajstić information content (AvgIpc) is 3.54. The predicted molar refractivity (Wildman–Crippen MR) is 142 cm³/mol. The summed E-state index contributed by atoms with van der Waals surface area (Å²) in [6.07, 6.45) is 3.25. The van der Waals surface area contributed by atoms with Crippen LogP contribution in [-0.2, 0) is 9.53 Å². The Kier molecular flexibility index (Phi) is 8.00. The van der Waals surface area contributed by atoms with Gasteiger partial charge >= 0.3 is 5.88 Å². The highest BCUT2D eigenvalue weighted by atomic mass is 32.2. The molecule has 3 aromatic rings. The van der Waals surface area contributed by atoms with Crippen LogP contribution in [0.2, 0.25) is 0 Å². The van der Waals surface area contributed by atoms with Crippen molar-refractivity contribution < 1.29 is 28.7 Å². The van der Waals surface area contributed by atoms with Gasteiger partial charge in [-0.3, -0.25) is 14.2 Å². The molecular formula is C26H26N6O5S. The van der Waals surface area contributed by atoms with Crippen molar-refractivity contribution in [3.05, 3.63) is 72.1 Å². The highest BCUT2D eigenvalue weighted by Gasteiger charge is 2.32. The van der Waals surface area contributed by atoms with Crippen LogP contribution in [0.5, 0.6) is 5.75 Å². The number of amides is 1. The summed E-state index contributed by atoms with van der Waals surface area (Å²) >= 11 is 1.13. The molecule has 3 heterocycles. The fourth-order valence-corrected chi connectivity index (χ4v) is 4.68. The van der Waals surface area contributed by atoms with Crippen molar-refractivity contribution in [2.45, 2.75) is 6.92 Å². The maximum absolute atomic E-state index is 13.4. The third-order valence-electron chi connectivity index (χ3n) is 5.64. The van der Waals surface area contributed by atoms with Crippen molar-refractivity contribution in [2.24, 2.45) is 9.98 Å². The lowest BCUT2D eigenvalue weighted by Gasteiger charge is -2.18. The maximum atomic E-state index is 13.4. The van der Waals surface area contributed by atoms with Gasteiger partial charge < -0.3 is 14.6 Å². The normalized spacial score (nSPS) is 17.3. The van der Waals surface area contributed by atoms with Gasteiger partial charge in [0.15, 0.2) is 5.17 Å². The van der Waals surface area contributed by atoms with E-state index in [-0.39, 0.29) is 23.2 Å². The third kappa shape index (κ3) is 5.87. The van der Waals surface area contributed by atoms with Gasteiger partial charge in [0, 0.05) is 11.3 Å². The van der Waals surface area contributed by atoms with Crippen LogP contribution < -0.4 is 24.5 Å². The summed E-state index contributed by atoms with van der Waals surface area (Å²) in [5.41, 5.74) is 1.64. The van der Waals surface area contributed by atoms with Gasteiger partial charge in [-0.25, -0.2) is 9.98 Å². The minimum atomic E-state index is -0.442. The van der Waals surface area contributed by atoms with Crippen LogP contribution in [0.4, 0.5) is 11.6 Å². The Morgan fingerprint density at radius 2 is 1.95 bits per heavy atom. The summed E-state index contributed by atoms with van der Waals surface area (Å²) in [5.74, 6) is -0.0252. The molecule has 2 aliphatic rings. The van der Waals surface area contributed by atoms with Gasteiger partial charge in [0.1, 0.15) is 11.4 Å². The molecule has 0 spiro atoms. The monoisotopic (exact) mass is 534 g/mol. The zero-order valence-corrected chi connectivity index (χ0v) is 21.5. The van der Waals surface area contributed by atoms with E-state index in [0.717, 1.165) is 17.3 Å². The van der Waals surface area contributed by atoms with E-state index in [1.165, 1.54) is 9.69 Å². The van der Waals surface area contributed by atoms with Crippen molar-refractivity contribution in [3.63, 3.8) is 0 Å². The number of anilines is 1. The summed E-state index contributed by atoms with van der Waals surface area (Å²) in [7, 11) is 0. The molecule has 0 aliphatic carbocycles. The number of ether oxygens (including phenoxy) is 2. The van der Waals surface area contributed by atoms with Crippen molar-refractivity contribution in [1.82, 2.24) is 5.27 Å². The van der Waals surface area contributed by atoms with Crippen molar-refractivity contribution in [3.8, 4) is 5.75 Å². The number of rotatable bonds is 8. The van der Waals surface area contributed by atoms with Crippen molar-refractivity contribution in [1.29, 1.82) is 0 Å². The SMILES string of the molecule is CCOc1ccccc1/C=C1/N=C(SC/C([O-])=N\c2c[n+](N3CCOCC3)no2)N(c2ccccc2)C1=O. The number of amidine groups is 1. The summed E-state index contributed by atoms with van der Waals surface area (Å²) in [5, 5.41) is 18.9. The number of hydrogen-bond acceptors (Lipinski definition) is 10. The van der Waals surface area contributed by atoms with Gasteiger partial charge in [0.25, 0.3) is 12.1 Å². The Labute approximate surface area is 223 Å². The second-order valence-corrected chi connectivity index (χ2v) is 9.13. The van der Waals surface area contributed by atoms with Crippen LogP contribution in [0.25, 0.3) is 6.08 Å². The molecule has 0 unspecified atom stereocenters. The molecule has 0 saturated carbocycles. The fraction of sp³-hybridized carbons (Fsp3) is 0.269. The zero-order valence-electron chi connectivity index (χ0n) is 20.7. The van der Waals surface area contributed by atoms with Crippen LogP contribution in [0, 0.1) is 0 Å². The van der Waals surface area contributed by atoms with Crippen molar-refractivity contribution >= 4 is 46.4 Å². The first-order valence-corrected chi connectivity index (χ1v) is 13.1. The second-order valence-electron chi connectivity index (χ2n) is 8.19. The largest absolute Gasteiger partial charge is 0.861 e. The smallest absolute Gasteiger partial charge is 0.324 e. The number of thioether (sulfide) groups is 1. The summed E-state index contributed by atoms with van der Waals surface area (Å²) in [6, 6.07) is 16.6. The van der Waals surface area contributed by atoms with E-state index < -0.39 is 5.90 Å². The molecule has 5 rings (SSSR count). The van der Waals surface area contributed by atoms with E-state index in [4.69, 9.17) is 14.0 Å². The molecule has 1 amide bonds. The number of carbonyl (C=O) groups is 1. The number of hydrogen-bond donors (Lipinski definition) is 0. The van der Waals surface area contributed by atoms with Gasteiger partial charge in [-0.2, -0.15) is 0 Å². The Hall–Kier alpha value is -4.16. The quantitative estimate of drug-likeness (QED) is 0.186. The molecule has 2 aliphatic heterocycles. The summed E-state index contributed by atoms with van der Waals surface area (Å²) in [6.45, 7) is 4.90. The molecule has 1 saturated heterocycles. The molecule has 38 heavy (non-hydrogen) atoms. The highest BCUT2D eigenvalue weighted by molar-refractivity contribution is 8.14. The molecule has 11 nitrogen and oxygen atoms in total. The number of benzene rings is 2. The first kappa shape index (κ1) is 25.5.